The number of hydrogen-bond donors (Lipinski definition) is 2. The Morgan fingerprint density at radius 2 is 2.33 bits per heavy atom. The molecule has 0 saturated carbocycles. The van der Waals surface area contributed by atoms with Crippen LogP contribution >= 0.6 is 27.7 Å². The number of carbonyl (C=O) groups excluding carboxylic acids is 1. The molecule has 94 valence electrons. The number of benzene rings is 1. The summed E-state index contributed by atoms with van der Waals surface area (Å²) in [6, 6.07) is 4.44. The van der Waals surface area contributed by atoms with Crippen LogP contribution in [0.25, 0.3) is 0 Å². The molecule has 0 unspecified atom stereocenters. The summed E-state index contributed by atoms with van der Waals surface area (Å²) < 4.78 is 14.4. The topological polar surface area (TPSA) is 84.7 Å². The lowest BCUT2D eigenvalue weighted by Gasteiger charge is -2.12. The van der Waals surface area contributed by atoms with E-state index in [1.807, 2.05) is 0 Å². The highest BCUT2D eigenvalue weighted by Gasteiger charge is 2.24. The Balaban J connectivity index is 2.32. The summed E-state index contributed by atoms with van der Waals surface area (Å²) in [6.07, 6.45) is 1.30. The fourth-order valence-corrected chi connectivity index (χ4v) is 2.56. The second-order valence-electron chi connectivity index (χ2n) is 3.36. The molecule has 1 amide bonds. The Hall–Kier alpha value is -1.41. The van der Waals surface area contributed by atoms with Gasteiger partial charge in [-0.15, -0.1) is 0 Å². The molecule has 0 aliphatic heterocycles. The Bertz CT molecular complexity index is 563. The van der Waals surface area contributed by atoms with E-state index in [0.717, 1.165) is 11.8 Å². The summed E-state index contributed by atoms with van der Waals surface area (Å²) >= 11 is 4.17. The first-order valence-electron chi connectivity index (χ1n) is 4.84. The third kappa shape index (κ3) is 2.88. The van der Waals surface area contributed by atoms with Crippen molar-refractivity contribution in [3.63, 3.8) is 0 Å². The third-order valence-corrected chi connectivity index (χ3v) is 3.76. The van der Waals surface area contributed by atoms with Gasteiger partial charge >= 0.3 is 0 Å². The number of hydrogen-bond acceptors (Lipinski definition) is 4. The van der Waals surface area contributed by atoms with E-state index in [1.54, 1.807) is 6.07 Å². The van der Waals surface area contributed by atoms with E-state index in [2.05, 4.69) is 31.1 Å². The number of thioether (sulfide) groups is 1. The maximum Gasteiger partial charge on any atom is 0.235 e. The van der Waals surface area contributed by atoms with Crippen LogP contribution in [0, 0.1) is 5.82 Å². The van der Waals surface area contributed by atoms with Crippen LogP contribution in [-0.2, 0) is 4.79 Å². The number of rotatable bonds is 4. The fourth-order valence-electron chi connectivity index (χ4n) is 1.35. The van der Waals surface area contributed by atoms with Gasteiger partial charge in [0.15, 0.2) is 5.16 Å². The Kier molecular flexibility index (Phi) is 3.97. The lowest BCUT2D eigenvalue weighted by atomic mass is 10.1. The average Bonchev–Trinajstić information content (AvgIpc) is 2.79. The number of H-pyrrole nitrogens is 1. The minimum Gasteiger partial charge on any atom is -0.368 e. The van der Waals surface area contributed by atoms with Crippen molar-refractivity contribution >= 4 is 33.6 Å². The largest absolute Gasteiger partial charge is 0.368 e. The summed E-state index contributed by atoms with van der Waals surface area (Å²) in [5.74, 6) is -1.14. The van der Waals surface area contributed by atoms with Gasteiger partial charge in [0.05, 0.1) is 0 Å². The molecule has 2 aromatic rings. The first-order chi connectivity index (χ1) is 8.58. The van der Waals surface area contributed by atoms with Crippen LogP contribution in [0.5, 0.6) is 0 Å². The van der Waals surface area contributed by atoms with Crippen LogP contribution in [0.2, 0.25) is 0 Å². The van der Waals surface area contributed by atoms with Gasteiger partial charge in [-0.05, 0) is 12.1 Å². The predicted molar refractivity (Wildman–Crippen MR) is 68.3 cm³/mol. The first kappa shape index (κ1) is 13.0. The monoisotopic (exact) mass is 330 g/mol. The van der Waals surface area contributed by atoms with Crippen LogP contribution in [-0.4, -0.2) is 21.1 Å². The number of carbonyl (C=O) groups is 1. The lowest BCUT2D eigenvalue weighted by molar-refractivity contribution is -0.117. The van der Waals surface area contributed by atoms with Crippen LogP contribution in [0.1, 0.15) is 10.8 Å². The highest BCUT2D eigenvalue weighted by molar-refractivity contribution is 9.10. The summed E-state index contributed by atoms with van der Waals surface area (Å²) in [5, 5.41) is 5.79. The smallest absolute Gasteiger partial charge is 0.235 e. The molecule has 8 heteroatoms. The minimum absolute atomic E-state index is 0.215. The van der Waals surface area contributed by atoms with Gasteiger partial charge in [0.1, 0.15) is 17.4 Å². The Morgan fingerprint density at radius 1 is 1.56 bits per heavy atom. The van der Waals surface area contributed by atoms with Gasteiger partial charge in [-0.25, -0.2) is 9.37 Å². The zero-order valence-corrected chi connectivity index (χ0v) is 11.3. The van der Waals surface area contributed by atoms with Crippen LogP contribution in [0.4, 0.5) is 4.39 Å². The van der Waals surface area contributed by atoms with Gasteiger partial charge in [0.2, 0.25) is 5.91 Å². The number of nitrogens with zero attached hydrogens (tertiary/aromatic N) is 2. The molecule has 0 fully saturated rings. The summed E-state index contributed by atoms with van der Waals surface area (Å²) in [5.41, 5.74) is 5.51. The van der Waals surface area contributed by atoms with Gasteiger partial charge < -0.3 is 5.73 Å². The number of primary amides is 1. The highest BCUT2D eigenvalue weighted by atomic mass is 79.9. The molecule has 1 aromatic heterocycles. The second-order valence-corrected chi connectivity index (χ2v) is 5.37. The number of amides is 1. The Morgan fingerprint density at radius 3 is 2.89 bits per heavy atom. The summed E-state index contributed by atoms with van der Waals surface area (Å²) in [7, 11) is 0. The molecule has 18 heavy (non-hydrogen) atoms. The van der Waals surface area contributed by atoms with E-state index in [0.29, 0.717) is 9.63 Å². The molecular weight excluding hydrogens is 323 g/mol. The van der Waals surface area contributed by atoms with Gasteiger partial charge in [-0.1, -0.05) is 33.8 Å². The van der Waals surface area contributed by atoms with Crippen molar-refractivity contribution < 1.29 is 9.18 Å². The van der Waals surface area contributed by atoms with Crippen molar-refractivity contribution in [2.45, 2.75) is 10.4 Å². The maximum atomic E-state index is 13.8. The van der Waals surface area contributed by atoms with Gasteiger partial charge in [-0.3, -0.25) is 9.89 Å². The molecule has 5 nitrogen and oxygen atoms in total. The molecule has 1 heterocycles. The van der Waals surface area contributed by atoms with Crippen molar-refractivity contribution in [1.29, 1.82) is 0 Å². The predicted octanol–water partition coefficient (Wildman–Crippen LogP) is 2.02. The maximum absolute atomic E-state index is 13.8. The molecule has 1 aromatic carbocycles. The van der Waals surface area contributed by atoms with Crippen LogP contribution < -0.4 is 5.73 Å². The SMILES string of the molecule is NC(=O)[C@H](Sc1ncn[nH]1)c1ccc(Br)cc1F. The number of aromatic nitrogens is 3. The van der Waals surface area contributed by atoms with Crippen molar-refractivity contribution in [2.75, 3.05) is 0 Å². The van der Waals surface area contributed by atoms with E-state index >= 15 is 0 Å². The van der Waals surface area contributed by atoms with E-state index < -0.39 is 17.0 Å². The molecule has 0 aliphatic carbocycles. The number of nitrogens with two attached hydrogens (primary N) is 1. The standard InChI is InChI=1S/C10H8BrFN4OS/c11-5-1-2-6(7(12)3-5)8(9(13)17)18-10-14-4-15-16-10/h1-4,8H,(H2,13,17)(H,14,15,16)/t8-/m1/s1. The minimum atomic E-state index is -0.856. The molecule has 0 saturated heterocycles. The molecule has 0 bridgehead atoms. The van der Waals surface area contributed by atoms with Gasteiger partial charge in [-0.2, -0.15) is 5.10 Å². The Labute approximate surface area is 114 Å². The fraction of sp³-hybridized carbons (Fsp3) is 0.100. The molecule has 1 atom stereocenters. The zero-order chi connectivity index (χ0) is 13.1. The van der Waals surface area contributed by atoms with Gasteiger partial charge in [0, 0.05) is 10.0 Å². The first-order valence-corrected chi connectivity index (χ1v) is 6.51. The summed E-state index contributed by atoms with van der Waals surface area (Å²) in [4.78, 5) is 15.3. The van der Waals surface area contributed by atoms with Crippen molar-refractivity contribution in [2.24, 2.45) is 5.73 Å². The van der Waals surface area contributed by atoms with E-state index in [-0.39, 0.29) is 5.56 Å². The van der Waals surface area contributed by atoms with E-state index in [1.165, 1.54) is 18.5 Å². The molecule has 0 radical (unpaired) electrons. The zero-order valence-electron chi connectivity index (χ0n) is 8.93. The molecule has 0 spiro atoms. The molecule has 3 N–H and O–H groups in total. The summed E-state index contributed by atoms with van der Waals surface area (Å²) in [6.45, 7) is 0. The lowest BCUT2D eigenvalue weighted by Crippen LogP contribution is -2.20. The van der Waals surface area contributed by atoms with E-state index in [4.69, 9.17) is 5.73 Å². The molecular formula is C10H8BrFN4OS. The average molecular weight is 331 g/mol. The quantitative estimate of drug-likeness (QED) is 0.840. The van der Waals surface area contributed by atoms with E-state index in [9.17, 15) is 9.18 Å². The van der Waals surface area contributed by atoms with Crippen molar-refractivity contribution in [3.8, 4) is 0 Å². The van der Waals surface area contributed by atoms with Crippen LogP contribution in [0.15, 0.2) is 34.2 Å². The van der Waals surface area contributed by atoms with Crippen LogP contribution in [0.3, 0.4) is 0 Å². The van der Waals surface area contributed by atoms with Crippen molar-refractivity contribution in [3.05, 3.63) is 40.4 Å². The number of nitrogens with one attached hydrogen (secondary N) is 1. The molecule has 0 aliphatic rings. The third-order valence-electron chi connectivity index (χ3n) is 2.13. The highest BCUT2D eigenvalue weighted by Crippen LogP contribution is 2.34. The second kappa shape index (κ2) is 5.49. The van der Waals surface area contributed by atoms with Crippen molar-refractivity contribution in [1.82, 2.24) is 15.2 Å². The molecule has 2 rings (SSSR count). The van der Waals surface area contributed by atoms with Gasteiger partial charge in [0.25, 0.3) is 0 Å². The number of halogens is 2. The normalized spacial score (nSPS) is 12.3. The number of aromatic amines is 1.